The first-order valence-corrected chi connectivity index (χ1v) is 10.5. The molecule has 1 aromatic heterocycles. The van der Waals surface area contributed by atoms with Gasteiger partial charge in [0.25, 0.3) is 5.91 Å². The third kappa shape index (κ3) is 4.80. The van der Waals surface area contributed by atoms with Crippen molar-refractivity contribution in [3.05, 3.63) is 102 Å². The Bertz CT molecular complexity index is 1280. The first-order valence-electron chi connectivity index (χ1n) is 10.5. The highest BCUT2D eigenvalue weighted by atomic mass is 16.5. The Balaban J connectivity index is 1.50. The Morgan fingerprint density at radius 1 is 0.909 bits per heavy atom. The van der Waals surface area contributed by atoms with Crippen LogP contribution in [0.1, 0.15) is 21.6 Å². The lowest BCUT2D eigenvalue weighted by Crippen LogP contribution is -2.17. The fourth-order valence-electron chi connectivity index (χ4n) is 3.64. The molecule has 33 heavy (non-hydrogen) atoms. The van der Waals surface area contributed by atoms with Gasteiger partial charge in [-0.2, -0.15) is 5.10 Å². The normalized spacial score (nSPS) is 10.9. The number of nitrogens with zero attached hydrogens (tertiary/aromatic N) is 2. The summed E-state index contributed by atoms with van der Waals surface area (Å²) in [5, 5.41) is 4.08. The molecule has 1 N–H and O–H groups in total. The average Bonchev–Trinajstić information content (AvgIpc) is 3.25. The minimum atomic E-state index is -0.299. The molecular formula is C27H25N3O3. The van der Waals surface area contributed by atoms with Crippen molar-refractivity contribution in [1.29, 1.82) is 0 Å². The lowest BCUT2D eigenvalue weighted by atomic mass is 10.1. The molecule has 166 valence electrons. The van der Waals surface area contributed by atoms with E-state index in [1.807, 2.05) is 30.3 Å². The Morgan fingerprint density at radius 3 is 2.36 bits per heavy atom. The summed E-state index contributed by atoms with van der Waals surface area (Å²) < 4.78 is 12.7. The quantitative estimate of drug-likeness (QED) is 0.317. The third-order valence-electron chi connectivity index (χ3n) is 5.34. The number of hydrogen-bond donors (Lipinski definition) is 1. The van der Waals surface area contributed by atoms with Crippen LogP contribution in [-0.2, 0) is 0 Å². The number of ether oxygens (including phenoxy) is 2. The zero-order valence-corrected chi connectivity index (χ0v) is 18.8. The van der Waals surface area contributed by atoms with E-state index in [4.69, 9.17) is 9.47 Å². The monoisotopic (exact) mass is 439 g/mol. The van der Waals surface area contributed by atoms with E-state index in [-0.39, 0.29) is 5.91 Å². The fraction of sp³-hybridized carbons (Fsp3) is 0.111. The van der Waals surface area contributed by atoms with Gasteiger partial charge in [0.05, 0.1) is 26.1 Å². The molecule has 0 radical (unpaired) electrons. The summed E-state index contributed by atoms with van der Waals surface area (Å²) >= 11 is 0. The molecule has 6 nitrogen and oxygen atoms in total. The molecule has 4 rings (SSSR count). The largest absolute Gasteiger partial charge is 0.497 e. The van der Waals surface area contributed by atoms with Gasteiger partial charge < -0.3 is 14.0 Å². The standard InChI is InChI=1S/C27H25N3O3/c1-19-9-15-25(20-7-5-4-6-8-20)30(19)23-12-10-21(11-13-23)27(31)29-28-18-22-17-24(32-2)14-16-26(22)33-3/h4-18H,1-3H3,(H,29,31)/b28-18+. The summed E-state index contributed by atoms with van der Waals surface area (Å²) in [6.45, 7) is 2.06. The van der Waals surface area contributed by atoms with Crippen LogP contribution in [0.5, 0.6) is 11.5 Å². The van der Waals surface area contributed by atoms with Gasteiger partial charge in [0.2, 0.25) is 0 Å². The summed E-state index contributed by atoms with van der Waals surface area (Å²) in [6, 6.07) is 27.2. The topological polar surface area (TPSA) is 64.8 Å². The van der Waals surface area contributed by atoms with Crippen molar-refractivity contribution in [3.63, 3.8) is 0 Å². The Hall–Kier alpha value is -4.32. The molecule has 4 aromatic rings. The van der Waals surface area contributed by atoms with Crippen LogP contribution in [0.2, 0.25) is 0 Å². The second-order valence-corrected chi connectivity index (χ2v) is 7.42. The highest BCUT2D eigenvalue weighted by Gasteiger charge is 2.11. The molecule has 0 saturated carbocycles. The van der Waals surface area contributed by atoms with Gasteiger partial charge in [-0.25, -0.2) is 5.43 Å². The van der Waals surface area contributed by atoms with E-state index < -0.39 is 0 Å². The van der Waals surface area contributed by atoms with Crippen LogP contribution in [0.15, 0.2) is 90.0 Å². The zero-order chi connectivity index (χ0) is 23.2. The molecule has 0 spiro atoms. The van der Waals surface area contributed by atoms with Crippen molar-refractivity contribution in [2.75, 3.05) is 14.2 Å². The van der Waals surface area contributed by atoms with Gasteiger partial charge in [0.1, 0.15) is 11.5 Å². The second kappa shape index (κ2) is 9.87. The molecule has 0 fully saturated rings. The smallest absolute Gasteiger partial charge is 0.271 e. The first-order chi connectivity index (χ1) is 16.1. The maximum absolute atomic E-state index is 12.6. The highest BCUT2D eigenvalue weighted by Crippen LogP contribution is 2.26. The zero-order valence-electron chi connectivity index (χ0n) is 18.8. The number of benzene rings is 3. The van der Waals surface area contributed by atoms with Gasteiger partial charge >= 0.3 is 0 Å². The van der Waals surface area contributed by atoms with Crippen LogP contribution in [-0.4, -0.2) is 30.9 Å². The minimum absolute atomic E-state index is 0.299. The molecule has 0 aliphatic carbocycles. The number of rotatable bonds is 7. The number of amides is 1. The molecular weight excluding hydrogens is 414 g/mol. The van der Waals surface area contributed by atoms with E-state index in [0.717, 1.165) is 22.6 Å². The number of hydrazone groups is 1. The lowest BCUT2D eigenvalue weighted by molar-refractivity contribution is 0.0955. The van der Waals surface area contributed by atoms with Crippen LogP contribution >= 0.6 is 0 Å². The van der Waals surface area contributed by atoms with Crippen LogP contribution in [0.3, 0.4) is 0 Å². The third-order valence-corrected chi connectivity index (χ3v) is 5.34. The fourth-order valence-corrected chi connectivity index (χ4v) is 3.64. The second-order valence-electron chi connectivity index (χ2n) is 7.42. The molecule has 0 atom stereocenters. The van der Waals surface area contributed by atoms with Crippen LogP contribution in [0.4, 0.5) is 0 Å². The predicted molar refractivity (Wildman–Crippen MR) is 131 cm³/mol. The SMILES string of the molecule is COc1ccc(OC)c(/C=N/NC(=O)c2ccc(-n3c(C)ccc3-c3ccccc3)cc2)c1. The molecule has 0 unspecified atom stereocenters. The Labute approximate surface area is 193 Å². The molecule has 0 aliphatic rings. The highest BCUT2D eigenvalue weighted by molar-refractivity contribution is 5.95. The number of carbonyl (C=O) groups excluding carboxylic acids is 1. The van der Waals surface area contributed by atoms with E-state index in [2.05, 4.69) is 46.3 Å². The number of nitrogens with one attached hydrogen (secondary N) is 1. The molecule has 6 heteroatoms. The van der Waals surface area contributed by atoms with Gasteiger partial charge in [-0.3, -0.25) is 4.79 Å². The lowest BCUT2D eigenvalue weighted by Gasteiger charge is -2.12. The number of aromatic nitrogens is 1. The molecule has 1 amide bonds. The van der Waals surface area contributed by atoms with Crippen molar-refractivity contribution in [2.45, 2.75) is 6.92 Å². The van der Waals surface area contributed by atoms with E-state index in [9.17, 15) is 4.79 Å². The molecule has 0 saturated heterocycles. The number of aryl methyl sites for hydroxylation is 1. The maximum Gasteiger partial charge on any atom is 0.271 e. The number of carbonyl (C=O) groups is 1. The molecule has 0 aliphatic heterocycles. The van der Waals surface area contributed by atoms with Gasteiger partial charge in [0, 0.05) is 22.5 Å². The Morgan fingerprint density at radius 2 is 1.67 bits per heavy atom. The summed E-state index contributed by atoms with van der Waals surface area (Å²) in [4.78, 5) is 12.6. The Kier molecular flexibility index (Phi) is 6.55. The molecule has 3 aromatic carbocycles. The van der Waals surface area contributed by atoms with E-state index in [0.29, 0.717) is 22.6 Å². The van der Waals surface area contributed by atoms with E-state index in [1.165, 1.54) is 6.21 Å². The van der Waals surface area contributed by atoms with E-state index in [1.54, 1.807) is 44.6 Å². The molecule has 1 heterocycles. The number of methoxy groups -OCH3 is 2. The van der Waals surface area contributed by atoms with Crippen molar-refractivity contribution in [2.24, 2.45) is 5.10 Å². The first kappa shape index (κ1) is 21.9. The predicted octanol–water partition coefficient (Wildman–Crippen LogP) is 5.23. The van der Waals surface area contributed by atoms with Gasteiger partial charge in [-0.05, 0) is 67.1 Å². The van der Waals surface area contributed by atoms with Crippen molar-refractivity contribution < 1.29 is 14.3 Å². The summed E-state index contributed by atoms with van der Waals surface area (Å²) in [5.41, 5.74) is 8.11. The van der Waals surface area contributed by atoms with E-state index >= 15 is 0 Å². The average molecular weight is 440 g/mol. The molecule has 0 bridgehead atoms. The van der Waals surface area contributed by atoms with Crippen LogP contribution < -0.4 is 14.9 Å². The van der Waals surface area contributed by atoms with Gasteiger partial charge in [-0.1, -0.05) is 30.3 Å². The maximum atomic E-state index is 12.6. The van der Waals surface area contributed by atoms with Crippen LogP contribution in [0.25, 0.3) is 16.9 Å². The van der Waals surface area contributed by atoms with Crippen molar-refractivity contribution >= 4 is 12.1 Å². The minimum Gasteiger partial charge on any atom is -0.497 e. The van der Waals surface area contributed by atoms with Gasteiger partial charge in [0.15, 0.2) is 0 Å². The number of hydrogen-bond acceptors (Lipinski definition) is 4. The summed E-state index contributed by atoms with van der Waals surface area (Å²) in [7, 11) is 3.17. The van der Waals surface area contributed by atoms with Gasteiger partial charge in [-0.15, -0.1) is 0 Å². The summed E-state index contributed by atoms with van der Waals surface area (Å²) in [6.07, 6.45) is 1.53. The summed E-state index contributed by atoms with van der Waals surface area (Å²) in [5.74, 6) is 1.01. The van der Waals surface area contributed by atoms with Crippen molar-refractivity contribution in [3.8, 4) is 28.4 Å². The van der Waals surface area contributed by atoms with Crippen molar-refractivity contribution in [1.82, 2.24) is 9.99 Å². The van der Waals surface area contributed by atoms with Crippen LogP contribution in [0, 0.1) is 6.92 Å².